The molecule has 1 aliphatic heterocycles. The number of halogens is 3. The van der Waals surface area contributed by atoms with Crippen LogP contribution in [-0.4, -0.2) is 45.1 Å². The van der Waals surface area contributed by atoms with Gasteiger partial charge in [0.15, 0.2) is 5.60 Å². The number of fused-ring (bicyclic) bond motifs is 1. The number of nitrogens with one attached hydrogen (secondary N) is 1. The normalized spacial score (nSPS) is 31.9. The smallest absolute Gasteiger partial charge is 0.375 e. The Morgan fingerprint density at radius 2 is 1.94 bits per heavy atom. The predicted molar refractivity (Wildman–Crippen MR) is 119 cm³/mol. The summed E-state index contributed by atoms with van der Waals surface area (Å²) in [6, 6.07) is 3.52. The first-order chi connectivity index (χ1) is 16.0. The van der Waals surface area contributed by atoms with Crippen LogP contribution < -0.4 is 5.32 Å². The van der Waals surface area contributed by atoms with Crippen LogP contribution in [0.2, 0.25) is 0 Å². The van der Waals surface area contributed by atoms with Crippen molar-refractivity contribution >= 4 is 5.91 Å². The largest absolute Gasteiger partial charge is 0.417 e. The Hall–Kier alpha value is -2.18. The lowest BCUT2D eigenvalue weighted by atomic mass is 9.73. The van der Waals surface area contributed by atoms with Gasteiger partial charge in [0.25, 0.3) is 0 Å². The van der Waals surface area contributed by atoms with Gasteiger partial charge in [0.1, 0.15) is 0 Å². The lowest BCUT2D eigenvalue weighted by molar-refractivity contribution is -0.146. The average Bonchev–Trinajstić information content (AvgIpc) is 3.24. The summed E-state index contributed by atoms with van der Waals surface area (Å²) in [7, 11) is 0. The fraction of sp³-hybridized carbons (Fsp3) is 0.720. The fourth-order valence-corrected chi connectivity index (χ4v) is 5.96. The van der Waals surface area contributed by atoms with E-state index in [-0.39, 0.29) is 30.5 Å². The molecule has 0 aromatic carbocycles. The number of carbonyl (C=O) groups is 1. The van der Waals surface area contributed by atoms with Gasteiger partial charge in [-0.15, -0.1) is 0 Å². The van der Waals surface area contributed by atoms with Crippen LogP contribution in [0.1, 0.15) is 75.6 Å². The maximum atomic E-state index is 13.8. The molecule has 6 nitrogen and oxygen atoms in total. The number of aliphatic hydroxyl groups is 1. The molecule has 2 fully saturated rings. The van der Waals surface area contributed by atoms with Gasteiger partial charge in [-0.05, 0) is 62.5 Å². The molecule has 0 saturated heterocycles. The molecule has 2 N–H and O–H groups in total. The minimum Gasteiger partial charge on any atom is -0.375 e. The van der Waals surface area contributed by atoms with E-state index in [0.29, 0.717) is 43.5 Å². The zero-order chi connectivity index (χ0) is 24.7. The van der Waals surface area contributed by atoms with Gasteiger partial charge in [-0.3, -0.25) is 9.78 Å². The third kappa shape index (κ3) is 4.80. The average molecular weight is 479 g/mol. The second kappa shape index (κ2) is 9.12. The molecule has 3 aliphatic rings. The molecule has 9 heteroatoms. The van der Waals surface area contributed by atoms with Gasteiger partial charge >= 0.3 is 6.18 Å². The number of nitrogens with zero attached hydrogens (tertiary/aromatic N) is 3. The van der Waals surface area contributed by atoms with Crippen molar-refractivity contribution in [1.29, 1.82) is 5.26 Å². The van der Waals surface area contributed by atoms with Gasteiger partial charge in [0, 0.05) is 43.5 Å². The third-order valence-corrected chi connectivity index (χ3v) is 8.23. The van der Waals surface area contributed by atoms with Crippen molar-refractivity contribution in [3.8, 4) is 6.07 Å². The van der Waals surface area contributed by atoms with Gasteiger partial charge < -0.3 is 15.3 Å². The molecule has 0 bridgehead atoms. The number of aromatic nitrogens is 1. The quantitative estimate of drug-likeness (QED) is 0.640. The number of amides is 1. The first-order valence-electron chi connectivity index (χ1n) is 12.2. The van der Waals surface area contributed by atoms with E-state index in [1.165, 1.54) is 0 Å². The van der Waals surface area contributed by atoms with Crippen LogP contribution in [0.4, 0.5) is 13.2 Å². The molecule has 2 aliphatic carbocycles. The van der Waals surface area contributed by atoms with E-state index in [2.05, 4.69) is 24.1 Å². The third-order valence-electron chi connectivity index (χ3n) is 8.23. The first-order valence-corrected chi connectivity index (χ1v) is 12.2. The van der Waals surface area contributed by atoms with E-state index in [4.69, 9.17) is 5.26 Å². The van der Waals surface area contributed by atoms with Crippen LogP contribution in [0, 0.1) is 22.7 Å². The molecule has 34 heavy (non-hydrogen) atoms. The zero-order valence-electron chi connectivity index (χ0n) is 19.8. The van der Waals surface area contributed by atoms with Gasteiger partial charge in [0.05, 0.1) is 17.0 Å². The molecule has 1 amide bonds. The zero-order valence-corrected chi connectivity index (χ0v) is 19.8. The fourth-order valence-electron chi connectivity index (χ4n) is 5.96. The van der Waals surface area contributed by atoms with Crippen molar-refractivity contribution in [1.82, 2.24) is 15.2 Å². The molecule has 186 valence electrons. The molecular weight excluding hydrogens is 445 g/mol. The summed E-state index contributed by atoms with van der Waals surface area (Å²) in [5, 5.41) is 22.9. The van der Waals surface area contributed by atoms with Crippen LogP contribution in [0.3, 0.4) is 0 Å². The monoisotopic (exact) mass is 478 g/mol. The molecule has 0 radical (unpaired) electrons. The van der Waals surface area contributed by atoms with E-state index in [1.54, 1.807) is 4.90 Å². The first kappa shape index (κ1) is 24.9. The Labute approximate surface area is 198 Å². The summed E-state index contributed by atoms with van der Waals surface area (Å²) in [6.07, 6.45) is 1.49. The maximum Gasteiger partial charge on any atom is 0.417 e. The summed E-state index contributed by atoms with van der Waals surface area (Å²) in [4.78, 5) is 19.5. The Bertz CT molecular complexity index is 966. The van der Waals surface area contributed by atoms with E-state index in [9.17, 15) is 23.1 Å². The van der Waals surface area contributed by atoms with Crippen LogP contribution in [0.15, 0.2) is 12.3 Å². The summed E-state index contributed by atoms with van der Waals surface area (Å²) in [6.45, 7) is 4.73. The molecule has 1 aromatic rings. The molecule has 2 saturated carbocycles. The van der Waals surface area contributed by atoms with Crippen molar-refractivity contribution in [2.75, 3.05) is 6.54 Å². The molecule has 1 aromatic heterocycles. The van der Waals surface area contributed by atoms with Crippen LogP contribution in [-0.2, 0) is 23.9 Å². The number of hydrogen-bond donors (Lipinski definition) is 2. The Kier molecular flexibility index (Phi) is 6.69. The maximum absolute atomic E-state index is 13.8. The van der Waals surface area contributed by atoms with E-state index >= 15 is 0 Å². The van der Waals surface area contributed by atoms with Crippen molar-refractivity contribution in [2.45, 2.75) is 95.6 Å². The second-order valence-electron chi connectivity index (χ2n) is 10.6. The molecule has 2 unspecified atom stereocenters. The SMILES string of the molecule is CC(C)C1(C(=O)N2CCc3ncc(C(F)(F)F)cc3C2)CCC(NC2CCC(O)(C#N)CC2)C1. The summed E-state index contributed by atoms with van der Waals surface area (Å²) >= 11 is 0. The Morgan fingerprint density at radius 1 is 1.26 bits per heavy atom. The summed E-state index contributed by atoms with van der Waals surface area (Å²) < 4.78 is 39.5. The summed E-state index contributed by atoms with van der Waals surface area (Å²) in [5.41, 5.74) is -1.44. The number of pyridine rings is 1. The highest BCUT2D eigenvalue weighted by molar-refractivity contribution is 5.83. The highest BCUT2D eigenvalue weighted by Crippen LogP contribution is 2.47. The number of carbonyl (C=O) groups excluding carboxylic acids is 1. The Morgan fingerprint density at radius 3 is 2.56 bits per heavy atom. The highest BCUT2D eigenvalue weighted by atomic mass is 19.4. The minimum atomic E-state index is -4.46. The van der Waals surface area contributed by atoms with E-state index < -0.39 is 22.8 Å². The molecular formula is C25H33F3N4O2. The Balaban J connectivity index is 1.44. The lowest BCUT2D eigenvalue weighted by Gasteiger charge is -2.40. The second-order valence-corrected chi connectivity index (χ2v) is 10.6. The predicted octanol–water partition coefficient (Wildman–Crippen LogP) is 3.97. The molecule has 0 spiro atoms. The van der Waals surface area contributed by atoms with Gasteiger partial charge in [0.2, 0.25) is 5.91 Å². The van der Waals surface area contributed by atoms with Crippen molar-refractivity contribution in [3.05, 3.63) is 29.1 Å². The lowest BCUT2D eigenvalue weighted by Crippen LogP contribution is -2.49. The van der Waals surface area contributed by atoms with Crippen LogP contribution in [0.25, 0.3) is 0 Å². The topological polar surface area (TPSA) is 89.2 Å². The minimum absolute atomic E-state index is 0.0253. The van der Waals surface area contributed by atoms with Crippen molar-refractivity contribution in [3.63, 3.8) is 0 Å². The van der Waals surface area contributed by atoms with Crippen molar-refractivity contribution < 1.29 is 23.1 Å². The van der Waals surface area contributed by atoms with Crippen LogP contribution >= 0.6 is 0 Å². The number of alkyl halides is 3. The van der Waals surface area contributed by atoms with E-state index in [1.807, 2.05) is 6.07 Å². The standard InChI is InChI=1S/C25H33F3N4O2/c1-16(2)24(9-5-20(12-24)31-19-3-7-23(34,15-29)8-4-19)22(33)32-10-6-21-17(14-32)11-18(13-30-21)25(26,27)28/h11,13,16,19-20,31,34H,3-10,12,14H2,1-2H3. The molecule has 2 atom stereocenters. The van der Waals surface area contributed by atoms with E-state index in [0.717, 1.165) is 37.9 Å². The van der Waals surface area contributed by atoms with Crippen molar-refractivity contribution in [2.24, 2.45) is 11.3 Å². The van der Waals surface area contributed by atoms with Gasteiger partial charge in [-0.1, -0.05) is 13.8 Å². The van der Waals surface area contributed by atoms with Gasteiger partial charge in [-0.2, -0.15) is 18.4 Å². The molecule has 2 heterocycles. The van der Waals surface area contributed by atoms with Crippen LogP contribution in [0.5, 0.6) is 0 Å². The number of rotatable bonds is 4. The number of hydrogen-bond acceptors (Lipinski definition) is 5. The summed E-state index contributed by atoms with van der Waals surface area (Å²) in [5.74, 6) is 0.125. The highest BCUT2D eigenvalue weighted by Gasteiger charge is 2.50. The van der Waals surface area contributed by atoms with Gasteiger partial charge in [-0.25, -0.2) is 0 Å². The molecule has 4 rings (SSSR count). The number of nitriles is 1.